The van der Waals surface area contributed by atoms with Crippen LogP contribution >= 0.6 is 0 Å². The van der Waals surface area contributed by atoms with Crippen molar-refractivity contribution < 1.29 is 4.79 Å². The molecule has 6 heteroatoms. The van der Waals surface area contributed by atoms with Crippen molar-refractivity contribution in [3.63, 3.8) is 0 Å². The second-order valence-electron chi connectivity index (χ2n) is 5.05. The summed E-state index contributed by atoms with van der Waals surface area (Å²) in [7, 11) is 0. The first-order valence-electron chi connectivity index (χ1n) is 6.69. The molecule has 1 amide bonds. The minimum atomic E-state index is 0.0763. The maximum absolute atomic E-state index is 12.4. The molecule has 1 aliphatic rings. The van der Waals surface area contributed by atoms with Gasteiger partial charge in [-0.05, 0) is 36.6 Å². The predicted molar refractivity (Wildman–Crippen MR) is 74.4 cm³/mol. The van der Waals surface area contributed by atoms with Crippen LogP contribution in [0.3, 0.4) is 0 Å². The van der Waals surface area contributed by atoms with Gasteiger partial charge < -0.3 is 10.6 Å². The first-order chi connectivity index (χ1) is 9.72. The van der Waals surface area contributed by atoms with Gasteiger partial charge in [0, 0.05) is 31.2 Å². The van der Waals surface area contributed by atoms with E-state index >= 15 is 0 Å². The van der Waals surface area contributed by atoms with E-state index in [4.69, 9.17) is 5.73 Å². The van der Waals surface area contributed by atoms with E-state index < -0.39 is 0 Å². The Kier molecular flexibility index (Phi) is 3.37. The van der Waals surface area contributed by atoms with E-state index in [2.05, 4.69) is 10.1 Å². The average molecular weight is 271 g/mol. The molecule has 0 bridgehead atoms. The summed E-state index contributed by atoms with van der Waals surface area (Å²) in [5.41, 5.74) is 6.66. The molecule has 0 aromatic carbocycles. The number of amides is 1. The quantitative estimate of drug-likeness (QED) is 0.881. The Labute approximate surface area is 117 Å². The number of hydrogen-bond acceptors (Lipinski definition) is 4. The maximum Gasteiger partial charge on any atom is 0.244 e. The highest BCUT2D eigenvalue weighted by molar-refractivity contribution is 5.76. The third kappa shape index (κ3) is 2.96. The Morgan fingerprint density at radius 1 is 1.35 bits per heavy atom. The van der Waals surface area contributed by atoms with E-state index in [1.165, 1.54) is 0 Å². The van der Waals surface area contributed by atoms with Gasteiger partial charge in [0.1, 0.15) is 12.4 Å². The van der Waals surface area contributed by atoms with Gasteiger partial charge in [0.2, 0.25) is 5.91 Å². The standard InChI is InChI=1S/C14H17N5O/c15-13-5-8-18(17-13)10-14(20)19(12-1-2-12)9-11-3-6-16-7-4-11/h3-8,12H,1-2,9-10H2,(H2,15,17). The molecule has 0 aliphatic heterocycles. The Morgan fingerprint density at radius 3 is 2.70 bits per heavy atom. The zero-order valence-electron chi connectivity index (χ0n) is 11.1. The van der Waals surface area contributed by atoms with Gasteiger partial charge >= 0.3 is 0 Å². The van der Waals surface area contributed by atoms with Crippen LogP contribution in [-0.4, -0.2) is 31.6 Å². The topological polar surface area (TPSA) is 77.0 Å². The van der Waals surface area contributed by atoms with Gasteiger partial charge in [-0.3, -0.25) is 14.5 Å². The Hall–Kier alpha value is -2.37. The van der Waals surface area contributed by atoms with Crippen LogP contribution in [0.15, 0.2) is 36.8 Å². The number of nitrogens with zero attached hydrogens (tertiary/aromatic N) is 4. The highest BCUT2D eigenvalue weighted by atomic mass is 16.2. The summed E-state index contributed by atoms with van der Waals surface area (Å²) in [6.45, 7) is 0.863. The van der Waals surface area contributed by atoms with Crippen LogP contribution < -0.4 is 5.73 Å². The van der Waals surface area contributed by atoms with Crippen molar-refractivity contribution >= 4 is 11.7 Å². The molecule has 0 atom stereocenters. The van der Waals surface area contributed by atoms with Crippen molar-refractivity contribution in [1.82, 2.24) is 19.7 Å². The summed E-state index contributed by atoms with van der Waals surface area (Å²) in [5, 5.41) is 4.06. The van der Waals surface area contributed by atoms with Gasteiger partial charge in [-0.1, -0.05) is 0 Å². The largest absolute Gasteiger partial charge is 0.382 e. The summed E-state index contributed by atoms with van der Waals surface area (Å²) < 4.78 is 1.58. The van der Waals surface area contributed by atoms with E-state index in [-0.39, 0.29) is 12.5 Å². The van der Waals surface area contributed by atoms with Crippen molar-refractivity contribution in [2.24, 2.45) is 0 Å². The molecule has 0 unspecified atom stereocenters. The first-order valence-corrected chi connectivity index (χ1v) is 6.69. The van der Waals surface area contributed by atoms with Crippen molar-refractivity contribution in [2.75, 3.05) is 5.73 Å². The van der Waals surface area contributed by atoms with E-state index in [9.17, 15) is 4.79 Å². The Morgan fingerprint density at radius 2 is 2.10 bits per heavy atom. The fourth-order valence-electron chi connectivity index (χ4n) is 2.19. The molecule has 20 heavy (non-hydrogen) atoms. The van der Waals surface area contributed by atoms with Crippen molar-refractivity contribution in [3.05, 3.63) is 42.4 Å². The van der Waals surface area contributed by atoms with Gasteiger partial charge in [-0.15, -0.1) is 0 Å². The van der Waals surface area contributed by atoms with Crippen LogP contribution in [0.25, 0.3) is 0 Å². The number of rotatable bonds is 5. The zero-order valence-corrected chi connectivity index (χ0v) is 11.1. The van der Waals surface area contributed by atoms with Gasteiger partial charge in [0.05, 0.1) is 0 Å². The lowest BCUT2D eigenvalue weighted by molar-refractivity contribution is -0.133. The first kappa shape index (κ1) is 12.7. The van der Waals surface area contributed by atoms with Crippen molar-refractivity contribution in [1.29, 1.82) is 0 Å². The summed E-state index contributed by atoms with van der Waals surface area (Å²) >= 11 is 0. The average Bonchev–Trinajstić information content (AvgIpc) is 3.21. The number of nitrogen functional groups attached to an aromatic ring is 1. The van der Waals surface area contributed by atoms with E-state index in [1.54, 1.807) is 29.3 Å². The molecule has 2 aromatic rings. The van der Waals surface area contributed by atoms with Gasteiger partial charge in [0.25, 0.3) is 0 Å². The van der Waals surface area contributed by atoms with Crippen LogP contribution in [0.5, 0.6) is 0 Å². The lowest BCUT2D eigenvalue weighted by atomic mass is 10.2. The predicted octanol–water partition coefficient (Wildman–Crippen LogP) is 1.05. The summed E-state index contributed by atoms with van der Waals surface area (Å²) in [6, 6.07) is 5.93. The lowest BCUT2D eigenvalue weighted by Gasteiger charge is -2.22. The molecule has 2 aromatic heterocycles. The fraction of sp³-hybridized carbons (Fsp3) is 0.357. The molecule has 6 nitrogen and oxygen atoms in total. The molecule has 104 valence electrons. The molecular formula is C14H17N5O. The highest BCUT2D eigenvalue weighted by Crippen LogP contribution is 2.28. The third-order valence-electron chi connectivity index (χ3n) is 3.37. The molecule has 3 rings (SSSR count). The van der Waals surface area contributed by atoms with Crippen molar-refractivity contribution in [2.45, 2.75) is 32.0 Å². The molecule has 2 N–H and O–H groups in total. The van der Waals surface area contributed by atoms with E-state index in [1.807, 2.05) is 17.0 Å². The summed E-state index contributed by atoms with van der Waals surface area (Å²) in [6.07, 6.45) is 7.39. The number of hydrogen-bond donors (Lipinski definition) is 1. The smallest absolute Gasteiger partial charge is 0.244 e. The molecule has 2 heterocycles. The highest BCUT2D eigenvalue weighted by Gasteiger charge is 2.32. The number of nitrogens with two attached hydrogens (primary N) is 1. The minimum Gasteiger partial charge on any atom is -0.382 e. The van der Waals surface area contributed by atoms with Gasteiger partial charge in [-0.25, -0.2) is 0 Å². The monoisotopic (exact) mass is 271 g/mol. The van der Waals surface area contributed by atoms with Gasteiger partial charge in [0.15, 0.2) is 0 Å². The fourth-order valence-corrected chi connectivity index (χ4v) is 2.19. The molecule has 0 spiro atoms. The number of pyridine rings is 1. The second kappa shape index (κ2) is 5.32. The van der Waals surface area contributed by atoms with E-state index in [0.29, 0.717) is 18.4 Å². The second-order valence-corrected chi connectivity index (χ2v) is 5.05. The van der Waals surface area contributed by atoms with Crippen molar-refractivity contribution in [3.8, 4) is 0 Å². The van der Waals surface area contributed by atoms with Gasteiger partial charge in [-0.2, -0.15) is 5.10 Å². The number of anilines is 1. The lowest BCUT2D eigenvalue weighted by Crippen LogP contribution is -2.35. The molecule has 1 saturated carbocycles. The third-order valence-corrected chi connectivity index (χ3v) is 3.37. The number of carbonyl (C=O) groups excluding carboxylic acids is 1. The Balaban J connectivity index is 1.69. The van der Waals surface area contributed by atoms with Crippen LogP contribution in [0, 0.1) is 0 Å². The number of carbonyl (C=O) groups is 1. The SMILES string of the molecule is Nc1ccn(CC(=O)N(Cc2ccncc2)C2CC2)n1. The molecule has 1 aliphatic carbocycles. The van der Waals surface area contributed by atoms with E-state index in [0.717, 1.165) is 18.4 Å². The maximum atomic E-state index is 12.4. The molecular weight excluding hydrogens is 254 g/mol. The van der Waals surface area contributed by atoms with Crippen LogP contribution in [0.1, 0.15) is 18.4 Å². The zero-order chi connectivity index (χ0) is 13.9. The molecule has 0 saturated heterocycles. The Bertz CT molecular complexity index is 591. The normalized spacial score (nSPS) is 14.2. The number of aromatic nitrogens is 3. The summed E-state index contributed by atoms with van der Waals surface area (Å²) in [4.78, 5) is 18.3. The van der Waals surface area contributed by atoms with Crippen LogP contribution in [-0.2, 0) is 17.9 Å². The minimum absolute atomic E-state index is 0.0763. The summed E-state index contributed by atoms with van der Waals surface area (Å²) in [5.74, 6) is 0.511. The van der Waals surface area contributed by atoms with Crippen LogP contribution in [0.2, 0.25) is 0 Å². The molecule has 0 radical (unpaired) electrons. The molecule has 1 fully saturated rings. The van der Waals surface area contributed by atoms with Crippen LogP contribution in [0.4, 0.5) is 5.82 Å².